The summed E-state index contributed by atoms with van der Waals surface area (Å²) in [6.45, 7) is 4.29. The third kappa shape index (κ3) is 3.45. The van der Waals surface area contributed by atoms with Crippen LogP contribution < -0.4 is 10.2 Å². The van der Waals surface area contributed by atoms with E-state index >= 15 is 0 Å². The van der Waals surface area contributed by atoms with Crippen LogP contribution in [0, 0.1) is 0 Å². The van der Waals surface area contributed by atoms with Crippen LogP contribution in [0.15, 0.2) is 24.4 Å². The molecule has 0 aliphatic carbocycles. The number of nitrogens with one attached hydrogen (secondary N) is 1. The molecule has 0 saturated carbocycles. The van der Waals surface area contributed by atoms with Gasteiger partial charge in [-0.15, -0.1) is 0 Å². The lowest BCUT2D eigenvalue weighted by Crippen LogP contribution is -2.42. The van der Waals surface area contributed by atoms with Gasteiger partial charge in [-0.2, -0.15) is 0 Å². The van der Waals surface area contributed by atoms with E-state index in [1.807, 2.05) is 12.3 Å². The number of anilines is 1. The van der Waals surface area contributed by atoms with E-state index in [1.54, 1.807) is 0 Å². The van der Waals surface area contributed by atoms with E-state index in [1.165, 1.54) is 12.8 Å². The Morgan fingerprint density at radius 1 is 1.16 bits per heavy atom. The van der Waals surface area contributed by atoms with Gasteiger partial charge in [0.05, 0.1) is 12.2 Å². The summed E-state index contributed by atoms with van der Waals surface area (Å²) in [6.07, 6.45) is 7.43. The predicted molar refractivity (Wildman–Crippen MR) is 76.4 cm³/mol. The zero-order valence-electron chi connectivity index (χ0n) is 11.4. The highest BCUT2D eigenvalue weighted by atomic mass is 16.5. The summed E-state index contributed by atoms with van der Waals surface area (Å²) in [6, 6.07) is 6.11. The Hall–Kier alpha value is -1.13. The van der Waals surface area contributed by atoms with Crippen molar-refractivity contribution in [1.82, 2.24) is 10.3 Å². The number of ether oxygens (including phenoxy) is 1. The Balaban J connectivity index is 1.46. The molecule has 1 N–H and O–H groups in total. The molecule has 1 aromatic rings. The van der Waals surface area contributed by atoms with E-state index in [4.69, 9.17) is 4.74 Å². The first-order valence-corrected chi connectivity index (χ1v) is 7.44. The van der Waals surface area contributed by atoms with Crippen molar-refractivity contribution in [2.45, 2.75) is 37.9 Å². The second-order valence-electron chi connectivity index (χ2n) is 5.48. The first kappa shape index (κ1) is 12.9. The Morgan fingerprint density at radius 3 is 2.74 bits per heavy atom. The van der Waals surface area contributed by atoms with Gasteiger partial charge in [-0.3, -0.25) is 0 Å². The monoisotopic (exact) mass is 261 g/mol. The normalized spacial score (nSPS) is 25.5. The van der Waals surface area contributed by atoms with Crippen LogP contribution in [0.2, 0.25) is 0 Å². The molecule has 3 heterocycles. The number of rotatable bonds is 3. The SMILES string of the molecule is c1ccc(N2CCC(OC3CCCNC3)CC2)nc1. The fraction of sp³-hybridized carbons (Fsp3) is 0.667. The number of hydrogen-bond donors (Lipinski definition) is 1. The molecule has 0 radical (unpaired) electrons. The molecule has 2 aliphatic rings. The second kappa shape index (κ2) is 6.35. The van der Waals surface area contributed by atoms with E-state index in [0.717, 1.165) is 44.8 Å². The number of pyridine rings is 1. The highest BCUT2D eigenvalue weighted by Gasteiger charge is 2.24. The van der Waals surface area contributed by atoms with Crippen molar-refractivity contribution in [3.8, 4) is 0 Å². The van der Waals surface area contributed by atoms with Gasteiger partial charge >= 0.3 is 0 Å². The van der Waals surface area contributed by atoms with Crippen LogP contribution in [0.1, 0.15) is 25.7 Å². The molecule has 0 bridgehead atoms. The molecule has 4 heteroatoms. The molecule has 2 saturated heterocycles. The van der Waals surface area contributed by atoms with Crippen LogP contribution in [0.25, 0.3) is 0 Å². The standard InChI is InChI=1S/C15H23N3O/c1-2-9-17-15(5-1)18-10-6-13(7-11-18)19-14-4-3-8-16-12-14/h1-2,5,9,13-14,16H,3-4,6-8,10-12H2. The molecule has 19 heavy (non-hydrogen) atoms. The smallest absolute Gasteiger partial charge is 0.128 e. The molecule has 1 atom stereocenters. The highest BCUT2D eigenvalue weighted by Crippen LogP contribution is 2.21. The fourth-order valence-corrected chi connectivity index (χ4v) is 2.97. The molecule has 0 spiro atoms. The van der Waals surface area contributed by atoms with Crippen LogP contribution in [0.4, 0.5) is 5.82 Å². The molecule has 104 valence electrons. The highest BCUT2D eigenvalue weighted by molar-refractivity contribution is 5.38. The van der Waals surface area contributed by atoms with Gasteiger partial charge in [0, 0.05) is 25.8 Å². The molecule has 2 fully saturated rings. The summed E-state index contributed by atoms with van der Waals surface area (Å²) in [7, 11) is 0. The Morgan fingerprint density at radius 2 is 2.05 bits per heavy atom. The van der Waals surface area contributed by atoms with Crippen LogP contribution >= 0.6 is 0 Å². The molecule has 1 aromatic heterocycles. The second-order valence-corrected chi connectivity index (χ2v) is 5.48. The van der Waals surface area contributed by atoms with Gasteiger partial charge in [0.1, 0.15) is 5.82 Å². The van der Waals surface area contributed by atoms with Crippen molar-refractivity contribution in [2.75, 3.05) is 31.1 Å². The first-order valence-electron chi connectivity index (χ1n) is 7.44. The molecule has 4 nitrogen and oxygen atoms in total. The van der Waals surface area contributed by atoms with E-state index in [9.17, 15) is 0 Å². The van der Waals surface area contributed by atoms with Gasteiger partial charge < -0.3 is 15.0 Å². The van der Waals surface area contributed by atoms with Gasteiger partial charge in [-0.25, -0.2) is 4.98 Å². The number of hydrogen-bond acceptors (Lipinski definition) is 4. The maximum atomic E-state index is 6.21. The van der Waals surface area contributed by atoms with Crippen LogP contribution in [-0.2, 0) is 4.74 Å². The summed E-state index contributed by atoms with van der Waals surface area (Å²) in [5, 5.41) is 3.41. The fourth-order valence-electron chi connectivity index (χ4n) is 2.97. The van der Waals surface area contributed by atoms with Gasteiger partial charge in [-0.05, 0) is 44.4 Å². The topological polar surface area (TPSA) is 37.4 Å². The van der Waals surface area contributed by atoms with Crippen molar-refractivity contribution in [3.63, 3.8) is 0 Å². The van der Waals surface area contributed by atoms with E-state index in [-0.39, 0.29) is 0 Å². The average Bonchev–Trinajstić information content (AvgIpc) is 2.50. The summed E-state index contributed by atoms with van der Waals surface area (Å²) < 4.78 is 6.21. The third-order valence-corrected chi connectivity index (χ3v) is 4.05. The maximum absolute atomic E-state index is 6.21. The van der Waals surface area contributed by atoms with Crippen molar-refractivity contribution in [1.29, 1.82) is 0 Å². The summed E-state index contributed by atoms with van der Waals surface area (Å²) in [5.74, 6) is 1.10. The molecular weight excluding hydrogens is 238 g/mol. The minimum atomic E-state index is 0.431. The maximum Gasteiger partial charge on any atom is 0.128 e. The van der Waals surface area contributed by atoms with Gasteiger partial charge in [-0.1, -0.05) is 6.07 Å². The van der Waals surface area contributed by atoms with E-state index < -0.39 is 0 Å². The Kier molecular flexibility index (Phi) is 4.30. The molecule has 1 unspecified atom stereocenters. The summed E-state index contributed by atoms with van der Waals surface area (Å²) in [4.78, 5) is 6.78. The first-order chi connectivity index (χ1) is 9.42. The number of aromatic nitrogens is 1. The molecule has 3 rings (SSSR count). The van der Waals surface area contributed by atoms with Gasteiger partial charge in [0.25, 0.3) is 0 Å². The van der Waals surface area contributed by atoms with E-state index in [2.05, 4.69) is 27.3 Å². The van der Waals surface area contributed by atoms with Crippen molar-refractivity contribution in [3.05, 3.63) is 24.4 Å². The largest absolute Gasteiger partial charge is 0.374 e. The summed E-state index contributed by atoms with van der Waals surface area (Å²) >= 11 is 0. The minimum absolute atomic E-state index is 0.431. The molecular formula is C15H23N3O. The Labute approximate surface area is 115 Å². The van der Waals surface area contributed by atoms with Crippen molar-refractivity contribution in [2.24, 2.45) is 0 Å². The number of nitrogens with zero attached hydrogens (tertiary/aromatic N) is 2. The minimum Gasteiger partial charge on any atom is -0.374 e. The zero-order chi connectivity index (χ0) is 12.9. The predicted octanol–water partition coefficient (Wildman–Crippen LogP) is 1.82. The Bertz CT molecular complexity index is 370. The third-order valence-electron chi connectivity index (χ3n) is 4.05. The number of piperidine rings is 2. The molecule has 0 amide bonds. The van der Waals surface area contributed by atoms with Crippen LogP contribution in [-0.4, -0.2) is 43.4 Å². The molecule has 0 aromatic carbocycles. The van der Waals surface area contributed by atoms with Gasteiger partial charge in [0.15, 0.2) is 0 Å². The summed E-state index contributed by atoms with van der Waals surface area (Å²) in [5.41, 5.74) is 0. The average molecular weight is 261 g/mol. The van der Waals surface area contributed by atoms with Crippen molar-refractivity contribution >= 4 is 5.82 Å². The van der Waals surface area contributed by atoms with Crippen LogP contribution in [0.5, 0.6) is 0 Å². The lowest BCUT2D eigenvalue weighted by molar-refractivity contribution is -0.0330. The zero-order valence-corrected chi connectivity index (χ0v) is 11.4. The van der Waals surface area contributed by atoms with E-state index in [0.29, 0.717) is 12.2 Å². The van der Waals surface area contributed by atoms with Gasteiger partial charge in [0.2, 0.25) is 0 Å². The molecule has 2 aliphatic heterocycles. The quantitative estimate of drug-likeness (QED) is 0.900. The van der Waals surface area contributed by atoms with Crippen LogP contribution in [0.3, 0.4) is 0 Å². The van der Waals surface area contributed by atoms with Crippen molar-refractivity contribution < 1.29 is 4.74 Å². The lowest BCUT2D eigenvalue weighted by atomic mass is 10.1. The lowest BCUT2D eigenvalue weighted by Gasteiger charge is -2.35.